The van der Waals surface area contributed by atoms with Crippen molar-refractivity contribution in [2.24, 2.45) is 10.7 Å². The molecule has 7 nitrogen and oxygen atoms in total. The second-order valence-corrected chi connectivity index (χ2v) is 7.64. The van der Waals surface area contributed by atoms with Crippen molar-refractivity contribution >= 4 is 34.7 Å². The van der Waals surface area contributed by atoms with E-state index in [2.05, 4.69) is 15.6 Å². The molecule has 0 spiro atoms. The zero-order valence-corrected chi connectivity index (χ0v) is 17.7. The van der Waals surface area contributed by atoms with Crippen LogP contribution in [0.2, 0.25) is 5.02 Å². The number of nitrogens with zero attached hydrogens (tertiary/aromatic N) is 1. The molecule has 1 fully saturated rings. The summed E-state index contributed by atoms with van der Waals surface area (Å²) in [5.41, 5.74) is 2.41. The van der Waals surface area contributed by atoms with E-state index in [1.165, 1.54) is 24.3 Å². The summed E-state index contributed by atoms with van der Waals surface area (Å²) in [5, 5.41) is 15.2. The number of alkyl halides is 3. The van der Waals surface area contributed by atoms with Crippen LogP contribution in [-0.2, 0) is 10.3 Å². The summed E-state index contributed by atoms with van der Waals surface area (Å²) in [4.78, 5) is 16.3. The molecule has 0 saturated carbocycles. The second-order valence-electron chi connectivity index (χ2n) is 7.21. The number of halogens is 5. The minimum atomic E-state index is -4.79. The van der Waals surface area contributed by atoms with E-state index in [1.807, 2.05) is 0 Å². The van der Waals surface area contributed by atoms with Gasteiger partial charge in [-0.2, -0.15) is 13.2 Å². The van der Waals surface area contributed by atoms with Crippen LogP contribution in [0.1, 0.15) is 5.56 Å². The summed E-state index contributed by atoms with van der Waals surface area (Å²) < 4.78 is 57.8. The number of carbonyl (C=O) groups is 1. The summed E-state index contributed by atoms with van der Waals surface area (Å²) >= 11 is 5.87. The molecule has 0 unspecified atom stereocenters. The van der Waals surface area contributed by atoms with Crippen LogP contribution < -0.4 is 16.4 Å². The van der Waals surface area contributed by atoms with Crippen molar-refractivity contribution in [2.45, 2.75) is 11.8 Å². The van der Waals surface area contributed by atoms with E-state index >= 15 is 0 Å². The highest BCUT2D eigenvalue weighted by molar-refractivity contribution is 6.30. The molecule has 3 rings (SSSR count). The molecule has 2 amide bonds. The third-order valence-electron chi connectivity index (χ3n) is 4.57. The fourth-order valence-electron chi connectivity index (χ4n) is 2.86. The van der Waals surface area contributed by atoms with E-state index in [-0.39, 0.29) is 35.9 Å². The number of aliphatic hydroxyl groups is 1. The van der Waals surface area contributed by atoms with Crippen molar-refractivity contribution in [3.8, 4) is 0 Å². The number of hydrogen-bond donors (Lipinski definition) is 4. The van der Waals surface area contributed by atoms with Gasteiger partial charge in [-0.3, -0.25) is 4.99 Å². The lowest BCUT2D eigenvalue weighted by Crippen LogP contribution is -2.47. The minimum Gasteiger partial charge on any atom is -0.395 e. The van der Waals surface area contributed by atoms with Crippen molar-refractivity contribution in [2.75, 3.05) is 25.1 Å². The molecule has 1 aliphatic rings. The summed E-state index contributed by atoms with van der Waals surface area (Å²) in [7, 11) is 0. The van der Waals surface area contributed by atoms with E-state index in [9.17, 15) is 27.5 Å². The summed E-state index contributed by atoms with van der Waals surface area (Å²) in [6, 6.07) is 8.91. The first-order valence-electron chi connectivity index (χ1n) is 9.49. The van der Waals surface area contributed by atoms with Crippen LogP contribution in [0, 0.1) is 5.82 Å². The number of aliphatic imine (C=N–C) groups is 1. The third kappa shape index (κ3) is 6.44. The molecule has 5 N–H and O–H groups in total. The predicted molar refractivity (Wildman–Crippen MR) is 115 cm³/mol. The molecule has 12 heteroatoms. The molecule has 1 aliphatic heterocycles. The normalized spacial score (nSPS) is 16.2. The highest BCUT2D eigenvalue weighted by Gasteiger charge is 2.40. The number of anilines is 1. The highest BCUT2D eigenvalue weighted by Crippen LogP contribution is 2.32. The van der Waals surface area contributed by atoms with Crippen LogP contribution in [0.5, 0.6) is 0 Å². The van der Waals surface area contributed by atoms with Gasteiger partial charge in [0.2, 0.25) is 0 Å². The molecule has 176 valence electrons. The SMILES string of the molecule is N/C(=C\C(CNC(=O)Nc1ccc(C2(O)COC2)c(F)c1)=Nc1cccc(Cl)c1)C(F)(F)F. The van der Waals surface area contributed by atoms with Gasteiger partial charge in [0, 0.05) is 16.3 Å². The Balaban J connectivity index is 1.71. The van der Waals surface area contributed by atoms with Gasteiger partial charge in [-0.1, -0.05) is 23.7 Å². The first kappa shape index (κ1) is 24.5. The Bertz CT molecular complexity index is 1100. The van der Waals surface area contributed by atoms with Gasteiger partial charge in [0.15, 0.2) is 0 Å². The fraction of sp³-hybridized carbons (Fsp3) is 0.238. The zero-order valence-electron chi connectivity index (χ0n) is 16.9. The number of allylic oxidation sites excluding steroid dienone is 1. The van der Waals surface area contributed by atoms with Crippen molar-refractivity contribution in [1.29, 1.82) is 0 Å². The Morgan fingerprint density at radius 1 is 1.27 bits per heavy atom. The monoisotopic (exact) mass is 486 g/mol. The molecule has 0 bridgehead atoms. The van der Waals surface area contributed by atoms with Crippen molar-refractivity contribution in [1.82, 2.24) is 5.32 Å². The Labute approximate surface area is 190 Å². The van der Waals surface area contributed by atoms with Gasteiger partial charge in [0.1, 0.15) is 17.1 Å². The Hall–Kier alpha value is -3.15. The summed E-state index contributed by atoms with van der Waals surface area (Å²) in [6.07, 6.45) is -4.19. The van der Waals surface area contributed by atoms with Crippen LogP contribution in [0.15, 0.2) is 59.2 Å². The zero-order chi connectivity index (χ0) is 24.2. The molecular weight excluding hydrogens is 468 g/mol. The third-order valence-corrected chi connectivity index (χ3v) is 4.81. The number of rotatable bonds is 6. The van der Waals surface area contributed by atoms with Crippen LogP contribution in [0.4, 0.5) is 33.7 Å². The lowest BCUT2D eigenvalue weighted by atomic mass is 9.91. The first-order chi connectivity index (χ1) is 15.5. The van der Waals surface area contributed by atoms with Crippen molar-refractivity contribution in [3.63, 3.8) is 0 Å². The number of ether oxygens (including phenoxy) is 1. The standard InChI is InChI=1S/C21H19ClF4N4O3/c22-12-2-1-3-13(6-12)29-15(8-18(27)21(24,25)26)9-28-19(31)30-14-4-5-16(17(23)7-14)20(32)10-33-11-20/h1-8,32H,9-11,27H2,(H2,28,30,31)/b18-8-,29-15?. The summed E-state index contributed by atoms with van der Waals surface area (Å²) in [6.45, 7) is -0.506. The molecule has 33 heavy (non-hydrogen) atoms. The van der Waals surface area contributed by atoms with E-state index in [0.29, 0.717) is 11.1 Å². The second kappa shape index (κ2) is 9.77. The fourth-order valence-corrected chi connectivity index (χ4v) is 3.05. The van der Waals surface area contributed by atoms with E-state index in [1.54, 1.807) is 12.1 Å². The summed E-state index contributed by atoms with van der Waals surface area (Å²) in [5.74, 6) is -0.748. The molecule has 2 aromatic carbocycles. The number of urea groups is 1. The van der Waals surface area contributed by atoms with Gasteiger partial charge in [-0.15, -0.1) is 0 Å². The van der Waals surface area contributed by atoms with Crippen LogP contribution in [0.25, 0.3) is 0 Å². The highest BCUT2D eigenvalue weighted by atomic mass is 35.5. The molecule has 0 aliphatic carbocycles. The quantitative estimate of drug-likeness (QED) is 0.365. The average molecular weight is 487 g/mol. The van der Waals surface area contributed by atoms with Crippen LogP contribution in [-0.4, -0.2) is 42.8 Å². The smallest absolute Gasteiger partial charge is 0.395 e. The van der Waals surface area contributed by atoms with E-state index in [4.69, 9.17) is 22.1 Å². The lowest BCUT2D eigenvalue weighted by molar-refractivity contribution is -0.186. The maximum Gasteiger partial charge on any atom is 0.430 e. The van der Waals surface area contributed by atoms with E-state index < -0.39 is 35.9 Å². The first-order valence-corrected chi connectivity index (χ1v) is 9.86. The number of hydrogen-bond acceptors (Lipinski definition) is 5. The number of benzene rings is 2. The predicted octanol–water partition coefficient (Wildman–Crippen LogP) is 4.00. The van der Waals surface area contributed by atoms with E-state index in [0.717, 1.165) is 6.07 Å². The maximum absolute atomic E-state index is 14.3. The Morgan fingerprint density at radius 2 is 2.00 bits per heavy atom. The van der Waals surface area contributed by atoms with Crippen LogP contribution >= 0.6 is 11.6 Å². The van der Waals surface area contributed by atoms with Gasteiger partial charge in [-0.05, 0) is 36.4 Å². The number of carbonyl (C=O) groups excluding carboxylic acids is 1. The molecule has 0 atom stereocenters. The minimum absolute atomic E-state index is 0.0309. The van der Waals surface area contributed by atoms with Crippen LogP contribution in [0.3, 0.4) is 0 Å². The number of nitrogens with one attached hydrogen (secondary N) is 2. The molecule has 0 radical (unpaired) electrons. The molecule has 1 saturated heterocycles. The van der Waals surface area contributed by atoms with Gasteiger partial charge < -0.3 is 26.2 Å². The van der Waals surface area contributed by atoms with Gasteiger partial charge >= 0.3 is 12.2 Å². The largest absolute Gasteiger partial charge is 0.430 e. The maximum atomic E-state index is 14.3. The Morgan fingerprint density at radius 3 is 2.58 bits per heavy atom. The van der Waals surface area contributed by atoms with Crippen molar-refractivity contribution < 1.29 is 32.2 Å². The molecule has 0 aromatic heterocycles. The molecular formula is C21H19ClF4N4O3. The Kier molecular flexibility index (Phi) is 7.25. The lowest BCUT2D eigenvalue weighted by Gasteiger charge is -2.36. The van der Waals surface area contributed by atoms with Gasteiger partial charge in [-0.25, -0.2) is 9.18 Å². The van der Waals surface area contributed by atoms with Gasteiger partial charge in [0.25, 0.3) is 0 Å². The van der Waals surface area contributed by atoms with Crippen molar-refractivity contribution in [3.05, 3.63) is 70.6 Å². The number of amides is 2. The average Bonchev–Trinajstić information content (AvgIpc) is 2.70. The topological polar surface area (TPSA) is 109 Å². The molecule has 2 aromatic rings. The van der Waals surface area contributed by atoms with Gasteiger partial charge in [0.05, 0.1) is 31.2 Å². The number of nitrogens with two attached hydrogens (primary N) is 1. The molecule has 1 heterocycles.